The number of fused-ring (bicyclic) bond motifs is 4. The van der Waals surface area contributed by atoms with Crippen LogP contribution in [0.4, 0.5) is 4.79 Å². The fraction of sp³-hybridized carbons (Fsp3) is 0.523. The highest BCUT2D eigenvalue weighted by atomic mass is 32.1. The van der Waals surface area contributed by atoms with Crippen LogP contribution in [-0.2, 0) is 25.5 Å². The van der Waals surface area contributed by atoms with Gasteiger partial charge in [0.2, 0.25) is 11.8 Å². The second-order valence-corrected chi connectivity index (χ2v) is 16.3. The number of rotatable bonds is 7. The van der Waals surface area contributed by atoms with E-state index < -0.39 is 12.1 Å². The molecule has 0 unspecified atom stereocenters. The number of hydrogen-bond acceptors (Lipinski definition) is 7. The van der Waals surface area contributed by atoms with E-state index in [0.29, 0.717) is 31.3 Å². The van der Waals surface area contributed by atoms with Crippen molar-refractivity contribution in [2.75, 3.05) is 26.8 Å². The largest absolute Gasteiger partial charge is 0.453 e. The van der Waals surface area contributed by atoms with Crippen molar-refractivity contribution in [2.45, 2.75) is 104 Å². The molecule has 7 rings (SSSR count). The first kappa shape index (κ1) is 53.7. The minimum absolute atomic E-state index is 0. The Morgan fingerprint density at radius 1 is 0.836 bits per heavy atom. The van der Waals surface area contributed by atoms with E-state index in [1.807, 2.05) is 55.0 Å². The molecule has 4 bridgehead atoms. The predicted octanol–water partition coefficient (Wildman–Crippen LogP) is 7.64. The molecule has 2 aromatic heterocycles. The van der Waals surface area contributed by atoms with Gasteiger partial charge in [-0.05, 0) is 79.3 Å². The predicted molar refractivity (Wildman–Crippen MR) is 266 cm³/mol. The molecule has 5 heterocycles. The molecule has 336 valence electrons. The van der Waals surface area contributed by atoms with E-state index in [2.05, 4.69) is 59.2 Å². The van der Waals surface area contributed by atoms with Crippen molar-refractivity contribution < 1.29 is 23.9 Å². The van der Waals surface area contributed by atoms with Crippen LogP contribution in [0.1, 0.15) is 114 Å². The summed E-state index contributed by atoms with van der Waals surface area (Å²) in [7, 11) is 1.30. The molecule has 0 radical (unpaired) electrons. The van der Waals surface area contributed by atoms with Crippen LogP contribution in [-0.4, -0.2) is 86.6 Å². The molecule has 0 saturated carbocycles. The van der Waals surface area contributed by atoms with Gasteiger partial charge in [0.05, 0.1) is 48.2 Å². The molecule has 4 aromatic rings. The number of nitrogens with one attached hydrogen (secondary N) is 3. The van der Waals surface area contributed by atoms with E-state index in [9.17, 15) is 14.4 Å². The summed E-state index contributed by atoms with van der Waals surface area (Å²) in [5.41, 5.74) is 6.62. The van der Waals surface area contributed by atoms with Gasteiger partial charge < -0.3 is 34.6 Å². The zero-order chi connectivity index (χ0) is 39.5. The molecule has 0 aliphatic carbocycles. The number of aryl methyl sites for hydroxylation is 1. The summed E-state index contributed by atoms with van der Waals surface area (Å²) < 4.78 is 11.1. The summed E-state index contributed by atoms with van der Waals surface area (Å²) >= 11 is 0. The molecule has 3 aliphatic heterocycles. The Morgan fingerprint density at radius 2 is 1.56 bits per heavy atom. The minimum atomic E-state index is -0.742. The smallest absolute Gasteiger partial charge is 0.407 e. The van der Waals surface area contributed by atoms with Crippen molar-refractivity contribution in [1.29, 1.82) is 0 Å². The van der Waals surface area contributed by atoms with Crippen LogP contribution in [0, 0.1) is 29.6 Å². The number of likely N-dealkylation sites (tertiary alicyclic amines) is 2. The number of aromatic amines is 2. The third-order valence-corrected chi connectivity index (χ3v) is 11.8. The zero-order valence-corrected chi connectivity index (χ0v) is 41.0. The van der Waals surface area contributed by atoms with Crippen molar-refractivity contribution >= 4 is 96.4 Å². The van der Waals surface area contributed by atoms with Crippen molar-refractivity contribution in [3.05, 3.63) is 70.9 Å². The van der Waals surface area contributed by atoms with Gasteiger partial charge in [0.1, 0.15) is 17.7 Å². The molecule has 0 spiro atoms. The standard InChI is InChI=1S/C44H55N7O5.5H2S/c1-26(2)28(5)42(52)50-19-10-12-36(50)40-45-24-35(47-40)31-17-15-29(16-18-31)13-14-30-21-32-11-8-7-9-20-56-33-23-37(41-46-34(22-30)39(32)48-41)51(25-33)43(53)38(27(3)4)49-44(54)55-6;;;;;/h15-18,21-22,24,26-28,33,36-38H,7-12,19-20,23,25H2,1-6H3,(H,45,47)(H,46,48)(H,49,54);5*1H2/t28-,33-,36-,37-,38-;;;;;/m0...../s1. The fourth-order valence-corrected chi connectivity index (χ4v) is 8.16. The minimum Gasteiger partial charge on any atom is -0.453 e. The number of imidazole rings is 2. The Labute approximate surface area is 395 Å². The Kier molecular flexibility index (Phi) is 21.0. The monoisotopic (exact) mass is 931 g/mol. The number of nitrogens with zero attached hydrogens (tertiary/aromatic N) is 4. The van der Waals surface area contributed by atoms with Gasteiger partial charge in [-0.2, -0.15) is 67.5 Å². The molecular formula is C44H65N7O5S5. The lowest BCUT2D eigenvalue weighted by Crippen LogP contribution is -2.51. The molecule has 12 nitrogen and oxygen atoms in total. The molecule has 17 heteroatoms. The molecular weight excluding hydrogens is 867 g/mol. The lowest BCUT2D eigenvalue weighted by Gasteiger charge is -2.29. The molecule has 5 atom stereocenters. The fourth-order valence-electron chi connectivity index (χ4n) is 8.16. The topological polar surface area (TPSA) is 146 Å². The van der Waals surface area contributed by atoms with Crippen molar-refractivity contribution in [2.24, 2.45) is 17.8 Å². The normalized spacial score (nSPS) is 19.2. The number of hydrogen-bond donors (Lipinski definition) is 3. The summed E-state index contributed by atoms with van der Waals surface area (Å²) in [6, 6.07) is 11.2. The Bertz CT molecular complexity index is 2130. The van der Waals surface area contributed by atoms with E-state index >= 15 is 0 Å². The van der Waals surface area contributed by atoms with E-state index in [0.717, 1.165) is 89.9 Å². The van der Waals surface area contributed by atoms with Gasteiger partial charge in [0, 0.05) is 43.2 Å². The molecule has 2 fully saturated rings. The Balaban J connectivity index is 0.00000256. The molecule has 2 saturated heterocycles. The average Bonchev–Trinajstić information content (AvgIpc) is 4.02. The molecule has 3 N–H and O–H groups in total. The van der Waals surface area contributed by atoms with E-state index in [1.165, 1.54) is 7.11 Å². The zero-order valence-electron chi connectivity index (χ0n) is 36.0. The van der Waals surface area contributed by atoms with Crippen LogP contribution >= 0.6 is 67.5 Å². The molecule has 3 amide bonds. The lowest BCUT2D eigenvalue weighted by atomic mass is 9.96. The maximum atomic E-state index is 14.0. The van der Waals surface area contributed by atoms with Gasteiger partial charge in [-0.15, -0.1) is 0 Å². The van der Waals surface area contributed by atoms with Crippen molar-refractivity contribution in [3.63, 3.8) is 0 Å². The second-order valence-electron chi connectivity index (χ2n) is 16.3. The van der Waals surface area contributed by atoms with Gasteiger partial charge >= 0.3 is 6.09 Å². The first-order chi connectivity index (χ1) is 27.0. The maximum Gasteiger partial charge on any atom is 0.407 e. The van der Waals surface area contributed by atoms with Gasteiger partial charge in [-0.1, -0.05) is 65.0 Å². The van der Waals surface area contributed by atoms with Crippen LogP contribution in [0.3, 0.4) is 0 Å². The number of carbonyl (C=O) groups is 3. The Hall–Kier alpha value is -3.40. The molecule has 2 aromatic carbocycles. The summed E-state index contributed by atoms with van der Waals surface area (Å²) in [6.45, 7) is 11.9. The van der Waals surface area contributed by atoms with Gasteiger partial charge in [-0.25, -0.2) is 14.8 Å². The van der Waals surface area contributed by atoms with Crippen LogP contribution in [0.15, 0.2) is 42.6 Å². The first-order valence-corrected chi connectivity index (χ1v) is 20.3. The number of alkyl carbamates (subject to hydrolysis) is 1. The van der Waals surface area contributed by atoms with Gasteiger partial charge in [0.25, 0.3) is 0 Å². The quantitative estimate of drug-likeness (QED) is 0.162. The van der Waals surface area contributed by atoms with E-state index in [1.54, 1.807) is 0 Å². The highest BCUT2D eigenvalue weighted by Gasteiger charge is 2.42. The second kappa shape index (κ2) is 23.9. The van der Waals surface area contributed by atoms with E-state index in [4.69, 9.17) is 19.4 Å². The number of amides is 3. The molecule has 3 aliphatic rings. The van der Waals surface area contributed by atoms with Crippen LogP contribution in [0.2, 0.25) is 0 Å². The summed E-state index contributed by atoms with van der Waals surface area (Å²) in [6.07, 6.45) is 7.42. The summed E-state index contributed by atoms with van der Waals surface area (Å²) in [5, 5.41) is 2.74. The average molecular weight is 932 g/mol. The van der Waals surface area contributed by atoms with E-state index in [-0.39, 0.29) is 109 Å². The first-order valence-electron chi connectivity index (χ1n) is 20.3. The lowest BCUT2D eigenvalue weighted by molar-refractivity contribution is -0.137. The number of aromatic nitrogens is 4. The number of methoxy groups -OCH3 is 1. The Morgan fingerprint density at radius 3 is 2.25 bits per heavy atom. The maximum absolute atomic E-state index is 14.0. The highest BCUT2D eigenvalue weighted by molar-refractivity contribution is 7.60. The summed E-state index contributed by atoms with van der Waals surface area (Å²) in [5.74, 6) is 8.47. The third kappa shape index (κ3) is 12.2. The number of H-pyrrole nitrogens is 2. The third-order valence-electron chi connectivity index (χ3n) is 11.8. The van der Waals surface area contributed by atoms with Crippen LogP contribution in [0.5, 0.6) is 0 Å². The van der Waals surface area contributed by atoms with Gasteiger partial charge in [0.15, 0.2) is 0 Å². The number of benzene rings is 2. The number of carbonyl (C=O) groups excluding carboxylic acids is 3. The molecule has 61 heavy (non-hydrogen) atoms. The van der Waals surface area contributed by atoms with Crippen LogP contribution < -0.4 is 5.32 Å². The van der Waals surface area contributed by atoms with Crippen LogP contribution in [0.25, 0.3) is 22.3 Å². The van der Waals surface area contributed by atoms with Gasteiger partial charge in [-0.3, -0.25) is 9.59 Å². The SMILES string of the molecule is COC(=O)N[C@H](C(=O)N1C[C@@H]2C[C@H]1c1nc3c(cc(C#Cc4ccc(-c5cnc([C@@H]6CCCN6C(=O)[C@@H](C)C(C)C)[nH]5)cc4)cc3[nH]1)CCCCCO2)C(C)C.S.S.S.S.S. The summed E-state index contributed by atoms with van der Waals surface area (Å²) in [4.78, 5) is 60.1. The highest BCUT2D eigenvalue weighted by Crippen LogP contribution is 2.36. The van der Waals surface area contributed by atoms with Crippen molar-refractivity contribution in [1.82, 2.24) is 35.1 Å². The van der Waals surface area contributed by atoms with Crippen molar-refractivity contribution in [3.8, 4) is 23.1 Å². The number of ether oxygens (including phenoxy) is 2.